The third kappa shape index (κ3) is 2.74. The SMILES string of the molecule is CC(C)(C)OC(=O)n1cc(Br)c2c(F)c(Cl)ncc21. The molecule has 0 aliphatic rings. The minimum absolute atomic E-state index is 0.200. The third-order valence-electron chi connectivity index (χ3n) is 2.29. The van der Waals surface area contributed by atoms with Crippen molar-refractivity contribution in [1.29, 1.82) is 0 Å². The molecular formula is C12H11BrClFN2O2. The molecule has 7 heteroatoms. The van der Waals surface area contributed by atoms with E-state index in [0.29, 0.717) is 9.99 Å². The van der Waals surface area contributed by atoms with Crippen molar-refractivity contribution in [3.63, 3.8) is 0 Å². The van der Waals surface area contributed by atoms with Crippen LogP contribution in [0.2, 0.25) is 5.15 Å². The highest BCUT2D eigenvalue weighted by molar-refractivity contribution is 9.10. The first-order valence-electron chi connectivity index (χ1n) is 5.44. The number of pyridine rings is 1. The normalized spacial score (nSPS) is 11.9. The van der Waals surface area contributed by atoms with Crippen LogP contribution in [0.4, 0.5) is 9.18 Å². The van der Waals surface area contributed by atoms with E-state index in [1.54, 1.807) is 20.8 Å². The summed E-state index contributed by atoms with van der Waals surface area (Å²) < 4.78 is 20.7. The Morgan fingerprint density at radius 2 is 2.16 bits per heavy atom. The Balaban J connectivity index is 2.58. The van der Waals surface area contributed by atoms with Gasteiger partial charge in [-0.3, -0.25) is 0 Å². The monoisotopic (exact) mass is 348 g/mol. The second-order valence-corrected chi connectivity index (χ2v) is 6.16. The summed E-state index contributed by atoms with van der Waals surface area (Å²) in [6.45, 7) is 5.25. The van der Waals surface area contributed by atoms with Gasteiger partial charge in [-0.2, -0.15) is 0 Å². The molecule has 0 saturated heterocycles. The first-order valence-corrected chi connectivity index (χ1v) is 6.61. The number of aromatic nitrogens is 2. The Kier molecular flexibility index (Phi) is 3.57. The van der Waals surface area contributed by atoms with Crippen LogP contribution >= 0.6 is 27.5 Å². The number of ether oxygens (including phenoxy) is 1. The molecule has 0 N–H and O–H groups in total. The maximum atomic E-state index is 13.9. The third-order valence-corrected chi connectivity index (χ3v) is 3.15. The Hall–Kier alpha value is -1.14. The smallest absolute Gasteiger partial charge is 0.419 e. The first kappa shape index (κ1) is 14.3. The van der Waals surface area contributed by atoms with Gasteiger partial charge in [-0.1, -0.05) is 11.6 Å². The minimum Gasteiger partial charge on any atom is -0.443 e. The van der Waals surface area contributed by atoms with Gasteiger partial charge in [0.15, 0.2) is 11.0 Å². The van der Waals surface area contributed by atoms with Crippen molar-refractivity contribution in [2.45, 2.75) is 26.4 Å². The number of halogens is 3. The number of nitrogens with zero attached hydrogens (tertiary/aromatic N) is 2. The second kappa shape index (κ2) is 4.76. The summed E-state index contributed by atoms with van der Waals surface area (Å²) in [5.74, 6) is -0.673. The van der Waals surface area contributed by atoms with E-state index in [1.807, 2.05) is 0 Å². The molecular weight excluding hydrogens is 338 g/mol. The summed E-state index contributed by atoms with van der Waals surface area (Å²) in [5.41, 5.74) is -0.346. The van der Waals surface area contributed by atoms with Crippen molar-refractivity contribution >= 4 is 44.5 Å². The molecule has 0 fully saturated rings. The van der Waals surface area contributed by atoms with Crippen molar-refractivity contribution in [2.24, 2.45) is 0 Å². The van der Waals surface area contributed by atoms with Crippen molar-refractivity contribution in [3.05, 3.63) is 27.8 Å². The topological polar surface area (TPSA) is 44.1 Å². The van der Waals surface area contributed by atoms with Gasteiger partial charge in [0.1, 0.15) is 5.60 Å². The van der Waals surface area contributed by atoms with Crippen molar-refractivity contribution < 1.29 is 13.9 Å². The molecule has 0 amide bonds. The molecule has 2 heterocycles. The summed E-state index contributed by atoms with van der Waals surface area (Å²) in [6, 6.07) is 0. The number of rotatable bonds is 0. The number of carbonyl (C=O) groups is 1. The van der Waals surface area contributed by atoms with Crippen LogP contribution in [0.15, 0.2) is 16.9 Å². The Morgan fingerprint density at radius 1 is 1.53 bits per heavy atom. The molecule has 102 valence electrons. The lowest BCUT2D eigenvalue weighted by molar-refractivity contribution is 0.0544. The lowest BCUT2D eigenvalue weighted by Gasteiger charge is -2.19. The van der Waals surface area contributed by atoms with Crippen molar-refractivity contribution in [3.8, 4) is 0 Å². The summed E-state index contributed by atoms with van der Waals surface area (Å²) in [6.07, 6.45) is 2.15. The first-order chi connectivity index (χ1) is 8.70. The highest BCUT2D eigenvalue weighted by Crippen LogP contribution is 2.31. The fourth-order valence-corrected chi connectivity index (χ4v) is 2.30. The molecule has 2 aromatic heterocycles. The predicted molar refractivity (Wildman–Crippen MR) is 74.0 cm³/mol. The minimum atomic E-state index is -0.673. The highest BCUT2D eigenvalue weighted by Gasteiger charge is 2.22. The standard InChI is InChI=1S/C12H11BrClFN2O2/c1-12(2,3)19-11(18)17-5-6(13)8-7(17)4-16-10(14)9(8)15/h4-5H,1-3H3. The van der Waals surface area contributed by atoms with Crippen LogP contribution in [0.3, 0.4) is 0 Å². The molecule has 0 spiro atoms. The molecule has 0 saturated carbocycles. The van der Waals surface area contributed by atoms with Crippen molar-refractivity contribution in [2.75, 3.05) is 0 Å². The molecule has 0 unspecified atom stereocenters. The van der Waals surface area contributed by atoms with Gasteiger partial charge in [-0.15, -0.1) is 0 Å². The van der Waals surface area contributed by atoms with E-state index in [0.717, 1.165) is 0 Å². The lowest BCUT2D eigenvalue weighted by atomic mass is 10.2. The van der Waals surface area contributed by atoms with Crippen LogP contribution < -0.4 is 0 Å². The average Bonchev–Trinajstić information content (AvgIpc) is 2.59. The summed E-state index contributed by atoms with van der Waals surface area (Å²) in [7, 11) is 0. The highest BCUT2D eigenvalue weighted by atomic mass is 79.9. The molecule has 0 aromatic carbocycles. The molecule has 2 rings (SSSR count). The van der Waals surface area contributed by atoms with Gasteiger partial charge in [-0.25, -0.2) is 18.7 Å². The maximum Gasteiger partial charge on any atom is 0.419 e. The second-order valence-electron chi connectivity index (χ2n) is 4.95. The number of fused-ring (bicyclic) bond motifs is 1. The van der Waals surface area contributed by atoms with Crippen molar-refractivity contribution in [1.82, 2.24) is 9.55 Å². The van der Waals surface area contributed by atoms with Crippen LogP contribution in [0, 0.1) is 5.82 Å². The van der Waals surface area contributed by atoms with Gasteiger partial charge >= 0.3 is 6.09 Å². The predicted octanol–water partition coefficient (Wildman–Crippen LogP) is 4.37. The quantitative estimate of drug-likeness (QED) is 0.663. The Bertz CT molecular complexity index is 664. The Morgan fingerprint density at radius 3 is 2.74 bits per heavy atom. The molecule has 0 radical (unpaired) electrons. The zero-order valence-electron chi connectivity index (χ0n) is 10.5. The fourth-order valence-electron chi connectivity index (χ4n) is 1.57. The summed E-state index contributed by atoms with van der Waals surface area (Å²) >= 11 is 8.82. The van der Waals surface area contributed by atoms with Crippen LogP contribution in [-0.4, -0.2) is 21.2 Å². The van der Waals surface area contributed by atoms with Crippen LogP contribution in [0.1, 0.15) is 20.8 Å². The van der Waals surface area contributed by atoms with Gasteiger partial charge in [-0.05, 0) is 36.7 Å². The van der Waals surface area contributed by atoms with E-state index in [2.05, 4.69) is 20.9 Å². The van der Waals surface area contributed by atoms with Gasteiger partial charge < -0.3 is 4.74 Å². The fraction of sp³-hybridized carbons (Fsp3) is 0.333. The van der Waals surface area contributed by atoms with Crippen LogP contribution in [-0.2, 0) is 4.74 Å². The average molecular weight is 350 g/mol. The molecule has 19 heavy (non-hydrogen) atoms. The van der Waals surface area contributed by atoms with E-state index in [-0.39, 0.29) is 10.5 Å². The van der Waals surface area contributed by atoms with E-state index >= 15 is 0 Å². The molecule has 0 aliphatic carbocycles. The van der Waals surface area contributed by atoms with Gasteiger partial charge in [0.2, 0.25) is 0 Å². The van der Waals surface area contributed by atoms with Crippen LogP contribution in [0.5, 0.6) is 0 Å². The molecule has 0 aliphatic heterocycles. The maximum absolute atomic E-state index is 13.9. The molecule has 4 nitrogen and oxygen atoms in total. The van der Waals surface area contributed by atoms with Crippen LogP contribution in [0.25, 0.3) is 10.9 Å². The zero-order chi connectivity index (χ0) is 14.4. The van der Waals surface area contributed by atoms with E-state index < -0.39 is 17.5 Å². The van der Waals surface area contributed by atoms with Gasteiger partial charge in [0, 0.05) is 10.7 Å². The zero-order valence-corrected chi connectivity index (χ0v) is 12.8. The molecule has 0 atom stereocenters. The molecule has 2 aromatic rings. The van der Waals surface area contributed by atoms with E-state index in [1.165, 1.54) is 17.0 Å². The number of hydrogen-bond acceptors (Lipinski definition) is 3. The van der Waals surface area contributed by atoms with Gasteiger partial charge in [0.25, 0.3) is 0 Å². The summed E-state index contributed by atoms with van der Waals surface area (Å²) in [4.78, 5) is 15.7. The number of hydrogen-bond donors (Lipinski definition) is 0. The Labute approximate surface area is 122 Å². The summed E-state index contributed by atoms with van der Waals surface area (Å²) in [5, 5.41) is -0.0407. The lowest BCUT2D eigenvalue weighted by Crippen LogP contribution is -2.26. The largest absolute Gasteiger partial charge is 0.443 e. The number of carbonyl (C=O) groups excluding carboxylic acids is 1. The molecule has 0 bridgehead atoms. The van der Waals surface area contributed by atoms with Gasteiger partial charge in [0.05, 0.1) is 17.1 Å². The van der Waals surface area contributed by atoms with E-state index in [9.17, 15) is 9.18 Å². The van der Waals surface area contributed by atoms with E-state index in [4.69, 9.17) is 16.3 Å².